The minimum atomic E-state index is -0.0514. The molecule has 0 bridgehead atoms. The Morgan fingerprint density at radius 2 is 2.38 bits per heavy atom. The van der Waals surface area contributed by atoms with Crippen molar-refractivity contribution in [2.75, 3.05) is 6.54 Å². The molecule has 1 aromatic heterocycles. The van der Waals surface area contributed by atoms with Gasteiger partial charge in [-0.1, -0.05) is 13.8 Å². The number of aryl methyl sites for hydroxylation is 1. The van der Waals surface area contributed by atoms with Crippen molar-refractivity contribution in [3.05, 3.63) is 24.0 Å². The van der Waals surface area contributed by atoms with Crippen LogP contribution in [0.15, 0.2) is 18.5 Å². The lowest BCUT2D eigenvalue weighted by Gasteiger charge is -2.04. The van der Waals surface area contributed by atoms with Crippen LogP contribution in [0.3, 0.4) is 0 Å². The number of carbonyl (C=O) groups is 1. The standard InChI is InChI=1S/C12H19N3O/c1-10(2)6-7-13-12(16)5-4-11-8-14-15(3)9-11/h4-5,8-10H,6-7H2,1-3H3,(H,13,16). The molecule has 0 radical (unpaired) electrons. The zero-order valence-corrected chi connectivity index (χ0v) is 10.1. The van der Waals surface area contributed by atoms with Crippen molar-refractivity contribution >= 4 is 12.0 Å². The number of rotatable bonds is 5. The molecule has 4 heteroatoms. The number of nitrogens with zero attached hydrogens (tertiary/aromatic N) is 2. The SMILES string of the molecule is CC(C)CCNC(=O)C=Cc1cnn(C)c1. The van der Waals surface area contributed by atoms with E-state index in [0.717, 1.165) is 18.5 Å². The molecule has 1 aromatic rings. The van der Waals surface area contributed by atoms with E-state index in [1.54, 1.807) is 17.0 Å². The highest BCUT2D eigenvalue weighted by Gasteiger charge is 1.97. The van der Waals surface area contributed by atoms with Crippen LogP contribution < -0.4 is 5.32 Å². The molecule has 1 rings (SSSR count). The van der Waals surface area contributed by atoms with Crippen molar-refractivity contribution in [3.8, 4) is 0 Å². The number of aromatic nitrogens is 2. The van der Waals surface area contributed by atoms with Crippen molar-refractivity contribution in [1.82, 2.24) is 15.1 Å². The molecule has 0 atom stereocenters. The fraction of sp³-hybridized carbons (Fsp3) is 0.500. The molecule has 0 aliphatic rings. The largest absolute Gasteiger partial charge is 0.353 e. The van der Waals surface area contributed by atoms with Gasteiger partial charge in [-0.05, 0) is 18.4 Å². The molecule has 0 aliphatic heterocycles. The van der Waals surface area contributed by atoms with Crippen molar-refractivity contribution in [2.45, 2.75) is 20.3 Å². The summed E-state index contributed by atoms with van der Waals surface area (Å²) in [5.41, 5.74) is 0.932. The van der Waals surface area contributed by atoms with Gasteiger partial charge in [0.15, 0.2) is 0 Å². The summed E-state index contributed by atoms with van der Waals surface area (Å²) in [6.45, 7) is 5.00. The summed E-state index contributed by atoms with van der Waals surface area (Å²) in [5.74, 6) is 0.562. The van der Waals surface area contributed by atoms with Gasteiger partial charge in [-0.25, -0.2) is 0 Å². The molecule has 16 heavy (non-hydrogen) atoms. The number of hydrogen-bond acceptors (Lipinski definition) is 2. The Kier molecular flexibility index (Phi) is 4.76. The van der Waals surface area contributed by atoms with E-state index in [4.69, 9.17) is 0 Å². The van der Waals surface area contributed by atoms with Gasteiger partial charge in [0.1, 0.15) is 0 Å². The molecule has 4 nitrogen and oxygen atoms in total. The fourth-order valence-electron chi connectivity index (χ4n) is 1.24. The highest BCUT2D eigenvalue weighted by Crippen LogP contribution is 1.99. The van der Waals surface area contributed by atoms with Crippen molar-refractivity contribution in [3.63, 3.8) is 0 Å². The maximum Gasteiger partial charge on any atom is 0.244 e. The minimum Gasteiger partial charge on any atom is -0.353 e. The summed E-state index contributed by atoms with van der Waals surface area (Å²) in [7, 11) is 1.85. The van der Waals surface area contributed by atoms with Gasteiger partial charge in [-0.15, -0.1) is 0 Å². The number of amides is 1. The zero-order valence-electron chi connectivity index (χ0n) is 10.1. The smallest absolute Gasteiger partial charge is 0.244 e. The van der Waals surface area contributed by atoms with Crippen molar-refractivity contribution < 1.29 is 4.79 Å². The Morgan fingerprint density at radius 3 is 2.94 bits per heavy atom. The molecule has 0 aliphatic carbocycles. The molecule has 0 spiro atoms. The van der Waals surface area contributed by atoms with E-state index in [-0.39, 0.29) is 5.91 Å². The summed E-state index contributed by atoms with van der Waals surface area (Å²) in [4.78, 5) is 11.4. The van der Waals surface area contributed by atoms with E-state index in [1.165, 1.54) is 6.08 Å². The Bertz CT molecular complexity index is 366. The molecule has 0 aromatic carbocycles. The van der Waals surface area contributed by atoms with Crippen LogP contribution in [0.25, 0.3) is 6.08 Å². The number of carbonyl (C=O) groups excluding carboxylic acids is 1. The number of hydrogen-bond donors (Lipinski definition) is 1. The number of nitrogens with one attached hydrogen (secondary N) is 1. The van der Waals surface area contributed by atoms with Crippen molar-refractivity contribution in [1.29, 1.82) is 0 Å². The second-order valence-corrected chi connectivity index (χ2v) is 4.25. The summed E-state index contributed by atoms with van der Waals surface area (Å²) < 4.78 is 1.70. The maximum absolute atomic E-state index is 11.4. The lowest BCUT2D eigenvalue weighted by atomic mass is 10.1. The van der Waals surface area contributed by atoms with Crippen LogP contribution in [-0.2, 0) is 11.8 Å². The predicted octanol–water partition coefficient (Wildman–Crippen LogP) is 1.60. The van der Waals surface area contributed by atoms with Gasteiger partial charge >= 0.3 is 0 Å². The van der Waals surface area contributed by atoms with Crippen molar-refractivity contribution in [2.24, 2.45) is 13.0 Å². The molecule has 1 amide bonds. The van der Waals surface area contributed by atoms with E-state index in [1.807, 2.05) is 13.2 Å². The Hall–Kier alpha value is -1.58. The van der Waals surface area contributed by atoms with Crippen LogP contribution >= 0.6 is 0 Å². The van der Waals surface area contributed by atoms with Crippen LogP contribution in [0.4, 0.5) is 0 Å². The summed E-state index contributed by atoms with van der Waals surface area (Å²) in [6, 6.07) is 0. The average molecular weight is 221 g/mol. The van der Waals surface area contributed by atoms with Crippen LogP contribution in [0.5, 0.6) is 0 Å². The van der Waals surface area contributed by atoms with Gasteiger partial charge in [0, 0.05) is 31.4 Å². The van der Waals surface area contributed by atoms with Crippen LogP contribution in [-0.4, -0.2) is 22.2 Å². The van der Waals surface area contributed by atoms with E-state index < -0.39 is 0 Å². The van der Waals surface area contributed by atoms with E-state index in [2.05, 4.69) is 24.3 Å². The van der Waals surface area contributed by atoms with Crippen LogP contribution in [0, 0.1) is 5.92 Å². The fourth-order valence-corrected chi connectivity index (χ4v) is 1.24. The molecule has 0 saturated heterocycles. The Morgan fingerprint density at radius 1 is 1.62 bits per heavy atom. The molecule has 0 saturated carbocycles. The molecule has 88 valence electrons. The second-order valence-electron chi connectivity index (χ2n) is 4.25. The van der Waals surface area contributed by atoms with Gasteiger partial charge in [0.05, 0.1) is 6.20 Å². The summed E-state index contributed by atoms with van der Waals surface area (Å²) >= 11 is 0. The third-order valence-electron chi connectivity index (χ3n) is 2.17. The molecular weight excluding hydrogens is 202 g/mol. The quantitative estimate of drug-likeness (QED) is 0.768. The van der Waals surface area contributed by atoms with E-state index >= 15 is 0 Å². The first kappa shape index (κ1) is 12.5. The molecule has 1 heterocycles. The molecular formula is C12H19N3O. The topological polar surface area (TPSA) is 46.9 Å². The molecule has 0 fully saturated rings. The van der Waals surface area contributed by atoms with Gasteiger partial charge in [0.2, 0.25) is 5.91 Å². The zero-order chi connectivity index (χ0) is 12.0. The second kappa shape index (κ2) is 6.10. The molecule has 0 unspecified atom stereocenters. The van der Waals surface area contributed by atoms with Gasteiger partial charge in [-0.3, -0.25) is 9.48 Å². The predicted molar refractivity (Wildman–Crippen MR) is 64.7 cm³/mol. The lowest BCUT2D eigenvalue weighted by molar-refractivity contribution is -0.116. The third kappa shape index (κ3) is 4.77. The average Bonchev–Trinajstić information content (AvgIpc) is 2.61. The van der Waals surface area contributed by atoms with Gasteiger partial charge in [-0.2, -0.15) is 5.10 Å². The third-order valence-corrected chi connectivity index (χ3v) is 2.17. The lowest BCUT2D eigenvalue weighted by Crippen LogP contribution is -2.23. The Balaban J connectivity index is 2.31. The van der Waals surface area contributed by atoms with Gasteiger partial charge < -0.3 is 5.32 Å². The first-order valence-corrected chi connectivity index (χ1v) is 5.52. The van der Waals surface area contributed by atoms with Gasteiger partial charge in [0.25, 0.3) is 0 Å². The van der Waals surface area contributed by atoms with E-state index in [9.17, 15) is 4.79 Å². The minimum absolute atomic E-state index is 0.0514. The first-order chi connectivity index (χ1) is 7.58. The van der Waals surface area contributed by atoms with E-state index in [0.29, 0.717) is 5.92 Å². The Labute approximate surface area is 96.3 Å². The summed E-state index contributed by atoms with van der Waals surface area (Å²) in [6.07, 6.45) is 7.89. The molecule has 1 N–H and O–H groups in total. The highest BCUT2D eigenvalue weighted by molar-refractivity contribution is 5.91. The van der Waals surface area contributed by atoms with Crippen LogP contribution in [0.2, 0.25) is 0 Å². The normalized spacial score (nSPS) is 11.2. The van der Waals surface area contributed by atoms with Crippen LogP contribution in [0.1, 0.15) is 25.8 Å². The monoisotopic (exact) mass is 221 g/mol. The first-order valence-electron chi connectivity index (χ1n) is 5.52. The summed E-state index contributed by atoms with van der Waals surface area (Å²) in [5, 5.41) is 6.85. The highest BCUT2D eigenvalue weighted by atomic mass is 16.1. The maximum atomic E-state index is 11.4.